The van der Waals surface area contributed by atoms with E-state index in [1.54, 1.807) is 36.4 Å². The summed E-state index contributed by atoms with van der Waals surface area (Å²) in [6.45, 7) is 1.45. The van der Waals surface area contributed by atoms with Gasteiger partial charge in [0.05, 0.1) is 15.6 Å². The first-order valence-corrected chi connectivity index (χ1v) is 8.21. The molecule has 2 aromatic carbocycles. The average molecular weight is 409 g/mol. The van der Waals surface area contributed by atoms with Crippen molar-refractivity contribution in [1.82, 2.24) is 4.90 Å². The molecule has 5 nitrogen and oxygen atoms in total. The van der Waals surface area contributed by atoms with E-state index in [1.807, 2.05) is 0 Å². The molecule has 0 saturated heterocycles. The quantitative estimate of drug-likeness (QED) is 0.441. The summed E-state index contributed by atoms with van der Waals surface area (Å²) < 4.78 is 5.78. The minimum Gasteiger partial charge on any atom is -0.424 e. The highest BCUT2D eigenvalue weighted by atomic mass is 79.9. The summed E-state index contributed by atoms with van der Waals surface area (Å²) in [5.74, 6) is -1.47. The molecule has 0 fully saturated rings. The zero-order valence-electron chi connectivity index (χ0n) is 12.5. The van der Waals surface area contributed by atoms with Crippen molar-refractivity contribution in [2.45, 2.75) is 13.0 Å². The SMILES string of the molecule is CC(C(=O)Oc1ccc(Cl)cc1Br)N1C(=O)c2ccccc2C1=O. The van der Waals surface area contributed by atoms with Crippen molar-refractivity contribution in [1.29, 1.82) is 0 Å². The first kappa shape index (κ1) is 16.7. The van der Waals surface area contributed by atoms with Crippen LogP contribution in [0.3, 0.4) is 0 Å². The number of nitrogens with zero attached hydrogens (tertiary/aromatic N) is 1. The lowest BCUT2D eigenvalue weighted by atomic mass is 10.1. The number of fused-ring (bicyclic) bond motifs is 1. The third-order valence-electron chi connectivity index (χ3n) is 3.66. The fourth-order valence-electron chi connectivity index (χ4n) is 2.42. The summed E-state index contributed by atoms with van der Waals surface area (Å²) in [6, 6.07) is 10.1. The van der Waals surface area contributed by atoms with Gasteiger partial charge in [-0.1, -0.05) is 23.7 Å². The van der Waals surface area contributed by atoms with Gasteiger partial charge in [-0.2, -0.15) is 0 Å². The molecule has 2 aromatic rings. The van der Waals surface area contributed by atoms with Crippen LogP contribution in [0.2, 0.25) is 5.02 Å². The van der Waals surface area contributed by atoms with Crippen molar-refractivity contribution in [3.8, 4) is 5.75 Å². The molecule has 1 heterocycles. The Hall–Kier alpha value is -2.18. The minimum absolute atomic E-state index is 0.257. The van der Waals surface area contributed by atoms with Gasteiger partial charge in [0, 0.05) is 5.02 Å². The number of carbonyl (C=O) groups excluding carboxylic acids is 3. The summed E-state index contributed by atoms with van der Waals surface area (Å²) in [5.41, 5.74) is 0.574. The highest BCUT2D eigenvalue weighted by Crippen LogP contribution is 2.29. The van der Waals surface area contributed by atoms with Crippen molar-refractivity contribution in [3.63, 3.8) is 0 Å². The van der Waals surface area contributed by atoms with Crippen LogP contribution >= 0.6 is 27.5 Å². The molecule has 1 unspecified atom stereocenters. The summed E-state index contributed by atoms with van der Waals surface area (Å²) in [7, 11) is 0. The maximum Gasteiger partial charge on any atom is 0.334 e. The second kappa shape index (κ2) is 6.37. The number of imide groups is 1. The first-order chi connectivity index (χ1) is 11.4. The van der Waals surface area contributed by atoms with Crippen LogP contribution in [0.5, 0.6) is 5.75 Å². The first-order valence-electron chi connectivity index (χ1n) is 7.04. The molecule has 0 spiro atoms. The Morgan fingerprint density at radius 1 is 1.12 bits per heavy atom. The molecule has 0 bridgehead atoms. The lowest BCUT2D eigenvalue weighted by Gasteiger charge is -2.21. The third kappa shape index (κ3) is 2.83. The standard InChI is InChI=1S/C17H11BrClNO4/c1-9(17(23)24-14-7-6-10(19)8-13(14)18)20-15(21)11-4-2-3-5-12(11)16(20)22/h2-9H,1H3. The van der Waals surface area contributed by atoms with Crippen LogP contribution in [0.1, 0.15) is 27.6 Å². The summed E-state index contributed by atoms with van der Waals surface area (Å²) >= 11 is 9.09. The molecule has 24 heavy (non-hydrogen) atoms. The maximum atomic E-state index is 12.4. The molecule has 1 aliphatic heterocycles. The zero-order valence-corrected chi connectivity index (χ0v) is 14.8. The molecule has 0 aliphatic carbocycles. The third-order valence-corrected chi connectivity index (χ3v) is 4.51. The van der Waals surface area contributed by atoms with Crippen LogP contribution in [0.15, 0.2) is 46.9 Å². The number of amides is 2. The van der Waals surface area contributed by atoms with Crippen LogP contribution < -0.4 is 4.74 Å². The highest BCUT2D eigenvalue weighted by Gasteiger charge is 2.41. The number of hydrogen-bond acceptors (Lipinski definition) is 4. The number of benzene rings is 2. The fraction of sp³-hybridized carbons (Fsp3) is 0.118. The average Bonchev–Trinajstić information content (AvgIpc) is 2.81. The Morgan fingerprint density at radius 3 is 2.25 bits per heavy atom. The van der Waals surface area contributed by atoms with Crippen LogP contribution in [-0.4, -0.2) is 28.7 Å². The normalized spacial score (nSPS) is 14.5. The number of carbonyl (C=O) groups is 3. The van der Waals surface area contributed by atoms with Crippen molar-refractivity contribution in [2.75, 3.05) is 0 Å². The fourth-order valence-corrected chi connectivity index (χ4v) is 3.18. The molecule has 122 valence electrons. The van der Waals surface area contributed by atoms with Gasteiger partial charge in [0.15, 0.2) is 0 Å². The van der Waals surface area contributed by atoms with E-state index in [0.29, 0.717) is 9.50 Å². The predicted octanol–water partition coefficient (Wildman–Crippen LogP) is 3.69. The zero-order chi connectivity index (χ0) is 17.4. The maximum absolute atomic E-state index is 12.4. The molecule has 0 radical (unpaired) electrons. The number of esters is 1. The Morgan fingerprint density at radius 2 is 1.71 bits per heavy atom. The van der Waals surface area contributed by atoms with Gasteiger partial charge in [-0.05, 0) is 53.2 Å². The smallest absolute Gasteiger partial charge is 0.334 e. The second-order valence-corrected chi connectivity index (χ2v) is 6.49. The van der Waals surface area contributed by atoms with Crippen LogP contribution in [0, 0.1) is 0 Å². The molecule has 1 atom stereocenters. The molecular formula is C17H11BrClNO4. The second-order valence-electron chi connectivity index (χ2n) is 5.20. The molecule has 0 saturated carbocycles. The lowest BCUT2D eigenvalue weighted by Crippen LogP contribution is -2.44. The van der Waals surface area contributed by atoms with E-state index in [0.717, 1.165) is 4.90 Å². The Labute approximate surface area is 151 Å². The molecule has 2 amide bonds. The molecule has 3 rings (SSSR count). The number of hydrogen-bond donors (Lipinski definition) is 0. The van der Waals surface area contributed by atoms with Gasteiger partial charge >= 0.3 is 5.97 Å². The van der Waals surface area contributed by atoms with Gasteiger partial charge in [-0.3, -0.25) is 14.5 Å². The van der Waals surface area contributed by atoms with E-state index in [1.165, 1.54) is 13.0 Å². The number of ether oxygens (including phenoxy) is 1. The van der Waals surface area contributed by atoms with E-state index in [9.17, 15) is 14.4 Å². The van der Waals surface area contributed by atoms with Crippen molar-refractivity contribution >= 4 is 45.3 Å². The van der Waals surface area contributed by atoms with Gasteiger partial charge in [0.1, 0.15) is 11.8 Å². The molecule has 0 N–H and O–H groups in total. The van der Waals surface area contributed by atoms with Crippen molar-refractivity contribution < 1.29 is 19.1 Å². The van der Waals surface area contributed by atoms with Crippen LogP contribution in [-0.2, 0) is 4.79 Å². The van der Waals surface area contributed by atoms with Gasteiger partial charge in [0.2, 0.25) is 0 Å². The minimum atomic E-state index is -1.06. The monoisotopic (exact) mass is 407 g/mol. The molecule has 0 aromatic heterocycles. The van der Waals surface area contributed by atoms with Gasteiger partial charge in [0.25, 0.3) is 11.8 Å². The van der Waals surface area contributed by atoms with Crippen LogP contribution in [0.25, 0.3) is 0 Å². The molecule has 7 heteroatoms. The Bertz CT molecular complexity index is 832. The largest absolute Gasteiger partial charge is 0.424 e. The van der Waals surface area contributed by atoms with Gasteiger partial charge < -0.3 is 4.74 Å². The predicted molar refractivity (Wildman–Crippen MR) is 91.2 cm³/mol. The lowest BCUT2D eigenvalue weighted by molar-refractivity contribution is -0.138. The van der Waals surface area contributed by atoms with Crippen molar-refractivity contribution in [3.05, 3.63) is 63.1 Å². The van der Waals surface area contributed by atoms with Crippen molar-refractivity contribution in [2.24, 2.45) is 0 Å². The summed E-state index contributed by atoms with van der Waals surface area (Å²) in [6.07, 6.45) is 0. The molecule has 1 aliphatic rings. The van der Waals surface area contributed by atoms with Gasteiger partial charge in [-0.25, -0.2) is 4.79 Å². The number of halogens is 2. The number of rotatable bonds is 3. The summed E-state index contributed by atoms with van der Waals surface area (Å²) in [5, 5.41) is 0.482. The van der Waals surface area contributed by atoms with E-state index in [-0.39, 0.29) is 16.9 Å². The summed E-state index contributed by atoms with van der Waals surface area (Å²) in [4.78, 5) is 38.0. The van der Waals surface area contributed by atoms with E-state index in [4.69, 9.17) is 16.3 Å². The Balaban J connectivity index is 1.82. The van der Waals surface area contributed by atoms with E-state index < -0.39 is 23.8 Å². The van der Waals surface area contributed by atoms with E-state index >= 15 is 0 Å². The van der Waals surface area contributed by atoms with Gasteiger partial charge in [-0.15, -0.1) is 0 Å². The molecular weight excluding hydrogens is 398 g/mol. The van der Waals surface area contributed by atoms with E-state index in [2.05, 4.69) is 15.9 Å². The highest BCUT2D eigenvalue weighted by molar-refractivity contribution is 9.10. The Kier molecular flexibility index (Phi) is 4.43. The topological polar surface area (TPSA) is 63.7 Å². The van der Waals surface area contributed by atoms with Crippen LogP contribution in [0.4, 0.5) is 0 Å².